The van der Waals surface area contributed by atoms with Gasteiger partial charge in [-0.1, -0.05) is 30.3 Å². The molecule has 2 aromatic carbocycles. The highest BCUT2D eigenvalue weighted by molar-refractivity contribution is 7.90. The van der Waals surface area contributed by atoms with Gasteiger partial charge < -0.3 is 5.32 Å². The predicted octanol–water partition coefficient (Wildman–Crippen LogP) is 2.78. The molecule has 4 rings (SSSR count). The fourth-order valence-corrected chi connectivity index (χ4v) is 4.86. The van der Waals surface area contributed by atoms with Crippen molar-refractivity contribution in [3.8, 4) is 5.69 Å². The van der Waals surface area contributed by atoms with E-state index in [0.29, 0.717) is 23.4 Å². The number of nitrogens with zero attached hydrogens (tertiary/aromatic N) is 3. The number of nitro groups is 1. The van der Waals surface area contributed by atoms with Crippen molar-refractivity contribution in [1.82, 2.24) is 9.78 Å². The van der Waals surface area contributed by atoms with Gasteiger partial charge in [0.05, 0.1) is 27.8 Å². The van der Waals surface area contributed by atoms with Crippen LogP contribution in [0, 0.1) is 10.1 Å². The number of benzene rings is 2. The fourth-order valence-electron chi connectivity index (χ4n) is 3.37. The molecule has 9 nitrogen and oxygen atoms in total. The topological polar surface area (TPSA) is 124 Å². The Labute approximate surface area is 172 Å². The zero-order chi connectivity index (χ0) is 21.3. The van der Waals surface area contributed by atoms with Crippen molar-refractivity contribution in [1.29, 1.82) is 0 Å². The highest BCUT2D eigenvalue weighted by Crippen LogP contribution is 2.33. The number of sulfone groups is 1. The molecule has 154 valence electrons. The van der Waals surface area contributed by atoms with E-state index in [2.05, 4.69) is 10.4 Å². The van der Waals surface area contributed by atoms with Crippen LogP contribution < -0.4 is 5.32 Å². The van der Waals surface area contributed by atoms with Gasteiger partial charge in [-0.25, -0.2) is 13.1 Å². The normalized spacial score (nSPS) is 14.3. The summed E-state index contributed by atoms with van der Waals surface area (Å²) in [5.41, 5.74) is 2.28. The largest absolute Gasteiger partial charge is 0.310 e. The van der Waals surface area contributed by atoms with Crippen LogP contribution in [0.4, 0.5) is 11.5 Å². The van der Waals surface area contributed by atoms with Gasteiger partial charge in [0.15, 0.2) is 9.84 Å². The quantitative estimate of drug-likeness (QED) is 0.477. The smallest absolute Gasteiger partial charge is 0.269 e. The molecule has 0 atom stereocenters. The standard InChI is InChI=1S/C20H18N4O5S/c25-19(11-6-14-4-2-1-3-5-14)21-20-17-12-30(28,29)13-18(17)22-23(20)15-7-9-16(10-8-15)24(26)27/h1-5,7-10H,6,11-13H2,(H,21,25). The fraction of sp³-hybridized carbons (Fsp3) is 0.200. The van der Waals surface area contributed by atoms with Crippen molar-refractivity contribution < 1.29 is 18.1 Å². The van der Waals surface area contributed by atoms with Crippen molar-refractivity contribution in [2.45, 2.75) is 24.3 Å². The molecule has 1 N–H and O–H groups in total. The number of hydrogen-bond donors (Lipinski definition) is 1. The van der Waals surface area contributed by atoms with Gasteiger partial charge >= 0.3 is 0 Å². The number of aryl methyl sites for hydroxylation is 1. The number of anilines is 1. The summed E-state index contributed by atoms with van der Waals surface area (Å²) in [6.07, 6.45) is 0.760. The Morgan fingerprint density at radius 3 is 2.47 bits per heavy atom. The molecule has 3 aromatic rings. The first-order valence-corrected chi connectivity index (χ1v) is 11.0. The second-order valence-electron chi connectivity index (χ2n) is 7.03. The minimum absolute atomic E-state index is 0.0746. The summed E-state index contributed by atoms with van der Waals surface area (Å²) in [4.78, 5) is 23.0. The summed E-state index contributed by atoms with van der Waals surface area (Å²) < 4.78 is 25.5. The molecule has 0 unspecified atom stereocenters. The van der Waals surface area contributed by atoms with Crippen LogP contribution in [0.15, 0.2) is 54.6 Å². The highest BCUT2D eigenvalue weighted by atomic mass is 32.2. The maximum absolute atomic E-state index is 12.6. The van der Waals surface area contributed by atoms with Gasteiger partial charge in [0.2, 0.25) is 5.91 Å². The van der Waals surface area contributed by atoms with Crippen LogP contribution in [0.2, 0.25) is 0 Å². The Bertz CT molecular complexity index is 1220. The number of aromatic nitrogens is 2. The zero-order valence-electron chi connectivity index (χ0n) is 15.8. The maximum Gasteiger partial charge on any atom is 0.269 e. The molecule has 1 aliphatic rings. The van der Waals surface area contributed by atoms with Gasteiger partial charge in [0, 0.05) is 24.1 Å². The minimum atomic E-state index is -3.31. The van der Waals surface area contributed by atoms with Crippen molar-refractivity contribution in [3.05, 3.63) is 81.5 Å². The number of rotatable bonds is 6. The average molecular weight is 426 g/mol. The molecule has 1 aliphatic heterocycles. The van der Waals surface area contributed by atoms with E-state index in [1.807, 2.05) is 30.3 Å². The van der Waals surface area contributed by atoms with Crippen molar-refractivity contribution >= 4 is 27.2 Å². The summed E-state index contributed by atoms with van der Waals surface area (Å²) in [6, 6.07) is 15.2. The molecule has 30 heavy (non-hydrogen) atoms. The van der Waals surface area contributed by atoms with Gasteiger partial charge in [-0.05, 0) is 24.1 Å². The van der Waals surface area contributed by atoms with E-state index in [9.17, 15) is 23.3 Å². The Balaban J connectivity index is 1.62. The summed E-state index contributed by atoms with van der Waals surface area (Å²) >= 11 is 0. The van der Waals surface area contributed by atoms with E-state index in [1.54, 1.807) is 0 Å². The van der Waals surface area contributed by atoms with Gasteiger partial charge in [-0.3, -0.25) is 14.9 Å². The second kappa shape index (κ2) is 7.71. The monoisotopic (exact) mass is 426 g/mol. The third-order valence-corrected chi connectivity index (χ3v) is 6.28. The molecule has 0 bridgehead atoms. The molecule has 0 saturated carbocycles. The summed E-state index contributed by atoms with van der Waals surface area (Å²) in [5, 5.41) is 18.0. The van der Waals surface area contributed by atoms with Gasteiger partial charge in [-0.2, -0.15) is 5.10 Å². The summed E-state index contributed by atoms with van der Waals surface area (Å²) in [5.74, 6) is -0.384. The van der Waals surface area contributed by atoms with E-state index in [0.717, 1.165) is 5.56 Å². The van der Waals surface area contributed by atoms with Crippen molar-refractivity contribution in [2.24, 2.45) is 0 Å². The van der Waals surface area contributed by atoms with Crippen LogP contribution >= 0.6 is 0 Å². The first kappa shape index (κ1) is 19.8. The zero-order valence-corrected chi connectivity index (χ0v) is 16.6. The van der Waals surface area contributed by atoms with E-state index in [-0.39, 0.29) is 35.3 Å². The van der Waals surface area contributed by atoms with Gasteiger partial charge in [-0.15, -0.1) is 0 Å². The lowest BCUT2D eigenvalue weighted by atomic mass is 10.1. The molecule has 1 aromatic heterocycles. The molecular weight excluding hydrogens is 408 g/mol. The summed E-state index contributed by atoms with van der Waals surface area (Å²) in [6.45, 7) is 0. The van der Waals surface area contributed by atoms with Crippen molar-refractivity contribution in [3.63, 3.8) is 0 Å². The molecule has 1 amide bonds. The van der Waals surface area contributed by atoms with Crippen molar-refractivity contribution in [2.75, 3.05) is 5.32 Å². The minimum Gasteiger partial charge on any atom is -0.310 e. The number of non-ortho nitro benzene ring substituents is 1. The summed E-state index contributed by atoms with van der Waals surface area (Å²) in [7, 11) is -3.31. The first-order chi connectivity index (χ1) is 14.3. The second-order valence-corrected chi connectivity index (χ2v) is 9.09. The molecule has 0 spiro atoms. The third kappa shape index (κ3) is 4.08. The number of fused-ring (bicyclic) bond motifs is 1. The lowest BCUT2D eigenvalue weighted by Gasteiger charge is -2.11. The van der Waals surface area contributed by atoms with E-state index >= 15 is 0 Å². The maximum atomic E-state index is 12.6. The molecule has 0 radical (unpaired) electrons. The number of carbonyl (C=O) groups is 1. The van der Waals surface area contributed by atoms with Crippen LogP contribution in [0.25, 0.3) is 5.69 Å². The third-order valence-electron chi connectivity index (χ3n) is 4.83. The van der Waals surface area contributed by atoms with Crippen LogP contribution in [0.1, 0.15) is 23.2 Å². The van der Waals surface area contributed by atoms with Crippen LogP contribution in [-0.4, -0.2) is 29.0 Å². The predicted molar refractivity (Wildman–Crippen MR) is 110 cm³/mol. The Morgan fingerprint density at radius 2 is 1.80 bits per heavy atom. The van der Waals surface area contributed by atoms with Crippen LogP contribution in [0.3, 0.4) is 0 Å². The van der Waals surface area contributed by atoms with Gasteiger partial charge in [0.25, 0.3) is 5.69 Å². The molecule has 10 heteroatoms. The molecular formula is C20H18N4O5S. The average Bonchev–Trinajstić information content (AvgIpc) is 3.19. The van der Waals surface area contributed by atoms with E-state index in [1.165, 1.54) is 28.9 Å². The number of carbonyl (C=O) groups excluding carboxylic acids is 1. The molecule has 0 fully saturated rings. The molecule has 0 aliphatic carbocycles. The number of nitro benzene ring substituents is 1. The molecule has 0 saturated heterocycles. The van der Waals surface area contributed by atoms with E-state index in [4.69, 9.17) is 0 Å². The van der Waals surface area contributed by atoms with Gasteiger partial charge in [0.1, 0.15) is 5.82 Å². The lowest BCUT2D eigenvalue weighted by molar-refractivity contribution is -0.384. The Morgan fingerprint density at radius 1 is 1.10 bits per heavy atom. The highest BCUT2D eigenvalue weighted by Gasteiger charge is 2.33. The Kier molecular flexibility index (Phi) is 5.08. The first-order valence-electron chi connectivity index (χ1n) is 9.22. The number of amides is 1. The Hall–Kier alpha value is -3.53. The van der Waals surface area contributed by atoms with Crippen LogP contribution in [0.5, 0.6) is 0 Å². The lowest BCUT2D eigenvalue weighted by Crippen LogP contribution is -2.17. The number of nitrogens with one attached hydrogen (secondary N) is 1. The molecule has 2 heterocycles. The van der Waals surface area contributed by atoms with Crippen LogP contribution in [-0.2, 0) is 32.6 Å². The SMILES string of the molecule is O=C(CCc1ccccc1)Nc1c2c(nn1-c1ccc([N+](=O)[O-])cc1)CS(=O)(=O)C2. The number of hydrogen-bond acceptors (Lipinski definition) is 6. The van der Waals surface area contributed by atoms with E-state index < -0.39 is 14.8 Å².